The molecule has 1 aromatic rings. The lowest BCUT2D eigenvalue weighted by Crippen LogP contribution is -2.07. The van der Waals surface area contributed by atoms with Gasteiger partial charge in [0.2, 0.25) is 5.91 Å². The molecule has 2 heteroatoms. The van der Waals surface area contributed by atoms with Gasteiger partial charge in [0.25, 0.3) is 0 Å². The summed E-state index contributed by atoms with van der Waals surface area (Å²) in [6, 6.07) is 6.22. The van der Waals surface area contributed by atoms with Gasteiger partial charge in [0.1, 0.15) is 0 Å². The number of anilines is 1. The molecule has 1 unspecified atom stereocenters. The third kappa shape index (κ3) is 4.17. The first-order chi connectivity index (χ1) is 8.58. The first-order valence-corrected chi connectivity index (χ1v) is 6.96. The summed E-state index contributed by atoms with van der Waals surface area (Å²) >= 11 is 0. The second kappa shape index (κ2) is 7.20. The molecule has 0 fully saturated rings. The van der Waals surface area contributed by atoms with Crippen molar-refractivity contribution < 1.29 is 4.79 Å². The van der Waals surface area contributed by atoms with E-state index in [0.717, 1.165) is 12.1 Å². The molecule has 0 aliphatic rings. The summed E-state index contributed by atoms with van der Waals surface area (Å²) in [7, 11) is 0. The molecule has 0 radical (unpaired) electrons. The lowest BCUT2D eigenvalue weighted by molar-refractivity contribution is -0.114. The lowest BCUT2D eigenvalue weighted by Gasteiger charge is -2.18. The van der Waals surface area contributed by atoms with Crippen LogP contribution in [-0.4, -0.2) is 5.91 Å². The summed E-state index contributed by atoms with van der Waals surface area (Å²) in [6.07, 6.45) is 4.89. The maximum Gasteiger partial charge on any atom is 0.221 e. The number of hydrogen-bond acceptors (Lipinski definition) is 1. The first-order valence-electron chi connectivity index (χ1n) is 6.96. The van der Waals surface area contributed by atoms with Gasteiger partial charge in [-0.3, -0.25) is 4.79 Å². The van der Waals surface area contributed by atoms with E-state index < -0.39 is 0 Å². The highest BCUT2D eigenvalue weighted by molar-refractivity contribution is 5.88. The van der Waals surface area contributed by atoms with Gasteiger partial charge >= 0.3 is 0 Å². The SMILES string of the molecule is CCCCC(CC)c1cc(NC(C)=O)ccc1C. The Kier molecular flexibility index (Phi) is 5.90. The number of carbonyl (C=O) groups is 1. The van der Waals surface area contributed by atoms with Crippen molar-refractivity contribution in [2.75, 3.05) is 5.32 Å². The van der Waals surface area contributed by atoms with E-state index in [2.05, 4.69) is 38.2 Å². The van der Waals surface area contributed by atoms with Crippen molar-refractivity contribution in [3.63, 3.8) is 0 Å². The average molecular weight is 247 g/mol. The molecule has 0 aliphatic carbocycles. The highest BCUT2D eigenvalue weighted by atomic mass is 16.1. The number of benzene rings is 1. The molecule has 0 saturated heterocycles. The minimum absolute atomic E-state index is 0.00795. The second-order valence-corrected chi connectivity index (χ2v) is 5.00. The average Bonchev–Trinajstić information content (AvgIpc) is 2.33. The van der Waals surface area contributed by atoms with E-state index in [9.17, 15) is 4.79 Å². The molecule has 1 rings (SSSR count). The predicted octanol–water partition coefficient (Wildman–Crippen LogP) is 4.64. The normalized spacial score (nSPS) is 12.2. The summed E-state index contributed by atoms with van der Waals surface area (Å²) in [5, 5.41) is 2.87. The molecule has 0 bridgehead atoms. The number of amides is 1. The molecule has 1 aromatic carbocycles. The summed E-state index contributed by atoms with van der Waals surface area (Å²) < 4.78 is 0. The molecule has 18 heavy (non-hydrogen) atoms. The number of rotatable bonds is 6. The highest BCUT2D eigenvalue weighted by Crippen LogP contribution is 2.30. The minimum Gasteiger partial charge on any atom is -0.326 e. The third-order valence-corrected chi connectivity index (χ3v) is 3.44. The van der Waals surface area contributed by atoms with Crippen molar-refractivity contribution in [3.8, 4) is 0 Å². The Bertz CT molecular complexity index is 398. The molecule has 100 valence electrons. The van der Waals surface area contributed by atoms with E-state index in [0.29, 0.717) is 5.92 Å². The smallest absolute Gasteiger partial charge is 0.221 e. The van der Waals surface area contributed by atoms with Gasteiger partial charge in [-0.1, -0.05) is 32.8 Å². The van der Waals surface area contributed by atoms with E-state index in [4.69, 9.17) is 0 Å². The topological polar surface area (TPSA) is 29.1 Å². The van der Waals surface area contributed by atoms with Crippen molar-refractivity contribution in [2.45, 2.75) is 59.3 Å². The molecular formula is C16H25NO. The Morgan fingerprint density at radius 2 is 2.06 bits per heavy atom. The Hall–Kier alpha value is -1.31. The van der Waals surface area contributed by atoms with Gasteiger partial charge in [-0.05, 0) is 48.9 Å². The van der Waals surface area contributed by atoms with Gasteiger partial charge < -0.3 is 5.32 Å². The standard InChI is InChI=1S/C16H25NO/c1-5-7-8-14(6-2)16-11-15(17-13(4)18)10-9-12(16)3/h9-11,14H,5-8H2,1-4H3,(H,17,18). The molecule has 0 aromatic heterocycles. The minimum atomic E-state index is -0.00795. The maximum atomic E-state index is 11.1. The van der Waals surface area contributed by atoms with E-state index >= 15 is 0 Å². The summed E-state index contributed by atoms with van der Waals surface area (Å²) in [5.74, 6) is 0.602. The van der Waals surface area contributed by atoms with Crippen LogP contribution in [0.15, 0.2) is 18.2 Å². The van der Waals surface area contributed by atoms with Crippen molar-refractivity contribution in [2.24, 2.45) is 0 Å². The molecule has 0 saturated carbocycles. The summed E-state index contributed by atoms with van der Waals surface area (Å²) in [6.45, 7) is 8.17. The number of carbonyl (C=O) groups excluding carboxylic acids is 1. The van der Waals surface area contributed by atoms with Crippen LogP contribution in [0.4, 0.5) is 5.69 Å². The van der Waals surface area contributed by atoms with Crippen molar-refractivity contribution in [1.29, 1.82) is 0 Å². The summed E-state index contributed by atoms with van der Waals surface area (Å²) in [4.78, 5) is 11.1. The monoisotopic (exact) mass is 247 g/mol. The van der Waals surface area contributed by atoms with Crippen LogP contribution in [0.25, 0.3) is 0 Å². The van der Waals surface area contributed by atoms with E-state index in [1.54, 1.807) is 6.92 Å². The molecule has 2 nitrogen and oxygen atoms in total. The predicted molar refractivity (Wildman–Crippen MR) is 78.0 cm³/mol. The number of unbranched alkanes of at least 4 members (excludes halogenated alkanes) is 1. The zero-order chi connectivity index (χ0) is 13.5. The molecule has 1 N–H and O–H groups in total. The fourth-order valence-corrected chi connectivity index (χ4v) is 2.39. The van der Waals surface area contributed by atoms with E-state index in [-0.39, 0.29) is 5.91 Å². The van der Waals surface area contributed by atoms with Crippen LogP contribution in [0, 0.1) is 6.92 Å². The van der Waals surface area contributed by atoms with Crippen LogP contribution in [-0.2, 0) is 4.79 Å². The van der Waals surface area contributed by atoms with Gasteiger partial charge in [0.05, 0.1) is 0 Å². The Morgan fingerprint density at radius 1 is 1.33 bits per heavy atom. The third-order valence-electron chi connectivity index (χ3n) is 3.44. The largest absolute Gasteiger partial charge is 0.326 e. The fraction of sp³-hybridized carbons (Fsp3) is 0.562. The highest BCUT2D eigenvalue weighted by Gasteiger charge is 2.12. The van der Waals surface area contributed by atoms with Crippen LogP contribution < -0.4 is 5.32 Å². The molecular weight excluding hydrogens is 222 g/mol. The molecule has 0 aliphatic heterocycles. The number of aryl methyl sites for hydroxylation is 1. The van der Waals surface area contributed by atoms with Crippen molar-refractivity contribution >= 4 is 11.6 Å². The van der Waals surface area contributed by atoms with Crippen molar-refractivity contribution in [3.05, 3.63) is 29.3 Å². The Morgan fingerprint density at radius 3 is 2.61 bits per heavy atom. The molecule has 0 heterocycles. The van der Waals surface area contributed by atoms with Crippen LogP contribution in [0.2, 0.25) is 0 Å². The molecule has 1 atom stereocenters. The summed E-state index contributed by atoms with van der Waals surface area (Å²) in [5.41, 5.74) is 3.63. The van der Waals surface area contributed by atoms with Crippen molar-refractivity contribution in [1.82, 2.24) is 0 Å². The number of nitrogens with one attached hydrogen (secondary N) is 1. The molecule has 1 amide bonds. The van der Waals surface area contributed by atoms with Gasteiger partial charge in [-0.2, -0.15) is 0 Å². The van der Waals surface area contributed by atoms with Gasteiger partial charge in [-0.15, -0.1) is 0 Å². The van der Waals surface area contributed by atoms with Gasteiger partial charge in [0, 0.05) is 12.6 Å². The van der Waals surface area contributed by atoms with Gasteiger partial charge in [-0.25, -0.2) is 0 Å². The Labute approximate surface area is 111 Å². The van der Waals surface area contributed by atoms with E-state index in [1.807, 2.05) is 6.07 Å². The second-order valence-electron chi connectivity index (χ2n) is 5.00. The lowest BCUT2D eigenvalue weighted by atomic mass is 9.88. The van der Waals surface area contributed by atoms with Gasteiger partial charge in [0.15, 0.2) is 0 Å². The van der Waals surface area contributed by atoms with E-state index in [1.165, 1.54) is 30.4 Å². The van der Waals surface area contributed by atoms with Crippen LogP contribution in [0.3, 0.4) is 0 Å². The maximum absolute atomic E-state index is 11.1. The van der Waals surface area contributed by atoms with Crippen LogP contribution in [0.5, 0.6) is 0 Å². The fourth-order valence-electron chi connectivity index (χ4n) is 2.39. The zero-order valence-corrected chi connectivity index (χ0v) is 12.0. The number of hydrogen-bond donors (Lipinski definition) is 1. The quantitative estimate of drug-likeness (QED) is 0.779. The first kappa shape index (κ1) is 14.7. The van der Waals surface area contributed by atoms with Crippen LogP contribution >= 0.6 is 0 Å². The Balaban J connectivity index is 2.93. The zero-order valence-electron chi connectivity index (χ0n) is 12.0. The molecule has 0 spiro atoms. The van der Waals surface area contributed by atoms with Crippen LogP contribution in [0.1, 0.15) is 63.5 Å².